The molecular weight excluding hydrogens is 200 g/mol. The molecule has 3 nitrogen and oxygen atoms in total. The van der Waals surface area contributed by atoms with Gasteiger partial charge in [-0.3, -0.25) is 0 Å². The summed E-state index contributed by atoms with van der Waals surface area (Å²) in [5.74, 6) is 0.703. The Morgan fingerprint density at radius 3 is 2.19 bits per heavy atom. The molecule has 0 bridgehead atoms. The number of hydrogen-bond donors (Lipinski definition) is 2. The molecule has 0 aromatic heterocycles. The van der Waals surface area contributed by atoms with E-state index >= 15 is 0 Å². The van der Waals surface area contributed by atoms with Crippen LogP contribution in [0.15, 0.2) is 0 Å². The molecule has 0 saturated carbocycles. The molecule has 2 N–H and O–H groups in total. The normalized spacial score (nSPS) is 14.1. The van der Waals surface area contributed by atoms with E-state index in [9.17, 15) is 5.11 Å². The predicted molar refractivity (Wildman–Crippen MR) is 70.7 cm³/mol. The lowest BCUT2D eigenvalue weighted by molar-refractivity contribution is 0.170. The van der Waals surface area contributed by atoms with Crippen LogP contribution in [0, 0.1) is 5.92 Å². The van der Waals surface area contributed by atoms with Crippen LogP contribution in [0.5, 0.6) is 0 Å². The summed E-state index contributed by atoms with van der Waals surface area (Å²) in [5.41, 5.74) is 0. The van der Waals surface area contributed by atoms with Crippen LogP contribution in [-0.4, -0.2) is 48.3 Å². The van der Waals surface area contributed by atoms with Crippen molar-refractivity contribution in [3.63, 3.8) is 0 Å². The van der Waals surface area contributed by atoms with Gasteiger partial charge in [0.15, 0.2) is 0 Å². The van der Waals surface area contributed by atoms with E-state index in [4.69, 9.17) is 0 Å². The average molecular weight is 230 g/mol. The van der Waals surface area contributed by atoms with Gasteiger partial charge in [-0.15, -0.1) is 0 Å². The minimum Gasteiger partial charge on any atom is -0.395 e. The second-order valence-electron chi connectivity index (χ2n) is 5.21. The van der Waals surface area contributed by atoms with Crippen LogP contribution in [-0.2, 0) is 0 Å². The first-order valence-corrected chi connectivity index (χ1v) is 6.59. The lowest BCUT2D eigenvalue weighted by atomic mass is 10.1. The number of aliphatic hydroxyl groups excluding tert-OH is 1. The Morgan fingerprint density at radius 1 is 1.19 bits per heavy atom. The third-order valence-electron chi connectivity index (χ3n) is 2.81. The fraction of sp³-hybridized carbons (Fsp3) is 1.00. The van der Waals surface area contributed by atoms with Crippen molar-refractivity contribution in [3.05, 3.63) is 0 Å². The smallest absolute Gasteiger partial charge is 0.0585 e. The van der Waals surface area contributed by atoms with Crippen molar-refractivity contribution < 1.29 is 5.11 Å². The van der Waals surface area contributed by atoms with Gasteiger partial charge in [0.05, 0.1) is 6.61 Å². The van der Waals surface area contributed by atoms with E-state index in [1.54, 1.807) is 0 Å². The van der Waals surface area contributed by atoms with Crippen LogP contribution < -0.4 is 5.32 Å². The number of rotatable bonds is 9. The minimum absolute atomic E-state index is 0.238. The number of aliphatic hydroxyl groups is 1. The number of hydrogen-bond acceptors (Lipinski definition) is 3. The summed E-state index contributed by atoms with van der Waals surface area (Å²) in [7, 11) is 0. The zero-order valence-corrected chi connectivity index (χ0v) is 11.7. The van der Waals surface area contributed by atoms with E-state index in [-0.39, 0.29) is 12.6 Å². The Labute approximate surface area is 101 Å². The highest BCUT2D eigenvalue weighted by Gasteiger charge is 2.13. The molecule has 0 aromatic carbocycles. The Balaban J connectivity index is 3.99. The highest BCUT2D eigenvalue weighted by Crippen LogP contribution is 2.06. The third kappa shape index (κ3) is 7.20. The Morgan fingerprint density at radius 2 is 1.81 bits per heavy atom. The summed E-state index contributed by atoms with van der Waals surface area (Å²) < 4.78 is 0. The van der Waals surface area contributed by atoms with Gasteiger partial charge in [0.25, 0.3) is 0 Å². The van der Waals surface area contributed by atoms with Gasteiger partial charge >= 0.3 is 0 Å². The number of nitrogens with one attached hydrogen (secondary N) is 1. The molecule has 1 unspecified atom stereocenters. The quantitative estimate of drug-likeness (QED) is 0.633. The summed E-state index contributed by atoms with van der Waals surface area (Å²) in [6.45, 7) is 14.4. The van der Waals surface area contributed by atoms with Crippen molar-refractivity contribution in [3.8, 4) is 0 Å². The van der Waals surface area contributed by atoms with Gasteiger partial charge in [0.1, 0.15) is 0 Å². The average Bonchev–Trinajstić information content (AvgIpc) is 2.21. The maximum Gasteiger partial charge on any atom is 0.0585 e. The molecule has 0 saturated heterocycles. The second kappa shape index (κ2) is 8.97. The van der Waals surface area contributed by atoms with Crippen molar-refractivity contribution in [1.82, 2.24) is 10.2 Å². The maximum absolute atomic E-state index is 9.21. The van der Waals surface area contributed by atoms with E-state index in [0.717, 1.165) is 26.1 Å². The largest absolute Gasteiger partial charge is 0.395 e. The number of nitrogens with zero attached hydrogens (tertiary/aromatic N) is 1. The van der Waals surface area contributed by atoms with E-state index in [1.807, 2.05) is 0 Å². The van der Waals surface area contributed by atoms with Crippen molar-refractivity contribution >= 4 is 0 Å². The molecule has 3 heteroatoms. The monoisotopic (exact) mass is 230 g/mol. The fourth-order valence-corrected chi connectivity index (χ4v) is 1.90. The van der Waals surface area contributed by atoms with Crippen molar-refractivity contribution in [2.45, 2.75) is 53.1 Å². The highest BCUT2D eigenvalue weighted by molar-refractivity contribution is 4.71. The molecule has 0 radical (unpaired) electrons. The highest BCUT2D eigenvalue weighted by atomic mass is 16.3. The SMILES string of the molecule is CCNC(CO)CCN(CC(C)C)C(C)C. The maximum atomic E-state index is 9.21. The molecule has 0 fully saturated rings. The summed E-state index contributed by atoms with van der Waals surface area (Å²) in [4.78, 5) is 2.49. The molecule has 0 aliphatic carbocycles. The first-order chi connectivity index (χ1) is 7.51. The van der Waals surface area contributed by atoms with Gasteiger partial charge in [0, 0.05) is 18.6 Å². The van der Waals surface area contributed by atoms with Gasteiger partial charge in [-0.1, -0.05) is 20.8 Å². The van der Waals surface area contributed by atoms with Gasteiger partial charge in [0.2, 0.25) is 0 Å². The van der Waals surface area contributed by atoms with Gasteiger partial charge in [-0.25, -0.2) is 0 Å². The summed E-state index contributed by atoms with van der Waals surface area (Å²) in [6, 6.07) is 0.835. The summed E-state index contributed by atoms with van der Waals surface area (Å²) >= 11 is 0. The molecule has 1 atom stereocenters. The van der Waals surface area contributed by atoms with Gasteiger partial charge in [-0.2, -0.15) is 0 Å². The molecule has 0 heterocycles. The van der Waals surface area contributed by atoms with Crippen LogP contribution in [0.1, 0.15) is 41.0 Å². The topological polar surface area (TPSA) is 35.5 Å². The molecule has 16 heavy (non-hydrogen) atoms. The molecule has 0 spiro atoms. The van der Waals surface area contributed by atoms with Crippen LogP contribution in [0.3, 0.4) is 0 Å². The van der Waals surface area contributed by atoms with Crippen molar-refractivity contribution in [1.29, 1.82) is 0 Å². The molecule has 0 amide bonds. The van der Waals surface area contributed by atoms with E-state index in [0.29, 0.717) is 12.0 Å². The van der Waals surface area contributed by atoms with Crippen molar-refractivity contribution in [2.75, 3.05) is 26.2 Å². The Hall–Kier alpha value is -0.120. The fourth-order valence-electron chi connectivity index (χ4n) is 1.90. The zero-order chi connectivity index (χ0) is 12.6. The summed E-state index contributed by atoms with van der Waals surface area (Å²) in [5, 5.41) is 12.5. The van der Waals surface area contributed by atoms with Crippen LogP contribution in [0.4, 0.5) is 0 Å². The first kappa shape index (κ1) is 15.9. The molecule has 0 aliphatic rings. The van der Waals surface area contributed by atoms with E-state index in [1.165, 1.54) is 0 Å². The standard InChI is InChI=1S/C13H30N2O/c1-6-14-13(10-16)7-8-15(12(4)5)9-11(2)3/h11-14,16H,6-10H2,1-5H3. The molecule has 0 rings (SSSR count). The minimum atomic E-state index is 0.238. The zero-order valence-electron chi connectivity index (χ0n) is 11.7. The van der Waals surface area contributed by atoms with Crippen LogP contribution in [0.25, 0.3) is 0 Å². The molecule has 98 valence electrons. The van der Waals surface area contributed by atoms with Crippen molar-refractivity contribution in [2.24, 2.45) is 5.92 Å². The van der Waals surface area contributed by atoms with E-state index in [2.05, 4.69) is 44.8 Å². The van der Waals surface area contributed by atoms with Crippen LogP contribution in [0.2, 0.25) is 0 Å². The van der Waals surface area contributed by atoms with Gasteiger partial charge in [-0.05, 0) is 39.3 Å². The van der Waals surface area contributed by atoms with E-state index < -0.39 is 0 Å². The Kier molecular flexibility index (Phi) is 8.90. The first-order valence-electron chi connectivity index (χ1n) is 6.59. The third-order valence-corrected chi connectivity index (χ3v) is 2.81. The summed E-state index contributed by atoms with van der Waals surface area (Å²) in [6.07, 6.45) is 1.02. The molecular formula is C13H30N2O. The lowest BCUT2D eigenvalue weighted by Crippen LogP contribution is -2.40. The predicted octanol–water partition coefficient (Wildman–Crippen LogP) is 1.71. The second-order valence-corrected chi connectivity index (χ2v) is 5.21. The van der Waals surface area contributed by atoms with Crippen LogP contribution >= 0.6 is 0 Å². The lowest BCUT2D eigenvalue weighted by Gasteiger charge is -2.29. The molecule has 0 aromatic rings. The molecule has 0 aliphatic heterocycles. The number of likely N-dealkylation sites (N-methyl/N-ethyl adjacent to an activating group) is 1. The van der Waals surface area contributed by atoms with Gasteiger partial charge < -0.3 is 15.3 Å². The Bertz CT molecular complexity index is 160.